The maximum atomic E-state index is 11.3. The van der Waals surface area contributed by atoms with Gasteiger partial charge in [-0.3, -0.25) is 14.4 Å². The van der Waals surface area contributed by atoms with Gasteiger partial charge in [-0.1, -0.05) is 60.7 Å². The van der Waals surface area contributed by atoms with E-state index in [2.05, 4.69) is 0 Å². The Bertz CT molecular complexity index is 812. The molecule has 0 saturated heterocycles. The standard InChI is InChI=1S/C12H14O4S.C11H14O2S/c1-17-8-12(10(13)14,11(15)16)7-9-5-3-2-4-6-9;1-14-8-10(11(12)13)7-9-5-3-2-4-6-9/h2-6H,7-8H2,1H3,(H,13,14)(H,15,16);2-6,10H,7-8H2,1H3,(H,12,13). The Morgan fingerprint density at radius 2 is 1.29 bits per heavy atom. The first kappa shape index (κ1) is 26.6. The van der Waals surface area contributed by atoms with Crippen molar-refractivity contribution >= 4 is 41.4 Å². The number of hydrogen-bond donors (Lipinski definition) is 3. The average Bonchev–Trinajstić information content (AvgIpc) is 2.74. The summed E-state index contributed by atoms with van der Waals surface area (Å²) in [5.41, 5.74) is 0.0566. The lowest BCUT2D eigenvalue weighted by Gasteiger charge is -2.23. The van der Waals surface area contributed by atoms with Crippen LogP contribution in [0.15, 0.2) is 60.7 Å². The molecular formula is C23H28O6S2. The monoisotopic (exact) mass is 464 g/mol. The minimum atomic E-state index is -1.75. The van der Waals surface area contributed by atoms with Gasteiger partial charge in [-0.25, -0.2) is 0 Å². The van der Waals surface area contributed by atoms with Crippen molar-refractivity contribution in [2.45, 2.75) is 12.8 Å². The molecule has 0 aliphatic rings. The first-order valence-electron chi connectivity index (χ1n) is 9.52. The zero-order valence-corrected chi connectivity index (χ0v) is 19.2. The number of aliphatic carboxylic acids is 3. The maximum absolute atomic E-state index is 11.3. The highest BCUT2D eigenvalue weighted by Gasteiger charge is 2.46. The highest BCUT2D eigenvalue weighted by Crippen LogP contribution is 2.28. The van der Waals surface area contributed by atoms with Crippen LogP contribution in [0.25, 0.3) is 0 Å². The lowest BCUT2D eigenvalue weighted by atomic mass is 9.83. The van der Waals surface area contributed by atoms with Crippen molar-refractivity contribution in [2.75, 3.05) is 24.0 Å². The molecule has 168 valence electrons. The predicted octanol–water partition coefficient (Wildman–Crippen LogP) is 4.04. The van der Waals surface area contributed by atoms with Crippen LogP contribution in [0.3, 0.4) is 0 Å². The van der Waals surface area contributed by atoms with E-state index >= 15 is 0 Å². The van der Waals surface area contributed by atoms with Crippen LogP contribution in [0, 0.1) is 11.3 Å². The third kappa shape index (κ3) is 8.67. The summed E-state index contributed by atoms with van der Waals surface area (Å²) in [6.07, 6.45) is 4.25. The van der Waals surface area contributed by atoms with Gasteiger partial charge in [0.05, 0.1) is 5.92 Å². The Morgan fingerprint density at radius 1 is 0.806 bits per heavy atom. The number of carboxylic acids is 3. The van der Waals surface area contributed by atoms with Crippen molar-refractivity contribution in [3.05, 3.63) is 71.8 Å². The highest BCUT2D eigenvalue weighted by atomic mass is 32.2. The highest BCUT2D eigenvalue weighted by molar-refractivity contribution is 7.98. The largest absolute Gasteiger partial charge is 0.481 e. The molecule has 1 atom stereocenters. The molecule has 0 amide bonds. The number of carbonyl (C=O) groups is 3. The third-order valence-corrected chi connectivity index (χ3v) is 6.12. The van der Waals surface area contributed by atoms with Gasteiger partial charge in [-0.05, 0) is 30.1 Å². The van der Waals surface area contributed by atoms with Crippen molar-refractivity contribution in [2.24, 2.45) is 11.3 Å². The van der Waals surface area contributed by atoms with Gasteiger partial charge in [0.2, 0.25) is 0 Å². The van der Waals surface area contributed by atoms with E-state index in [4.69, 9.17) is 5.11 Å². The Balaban J connectivity index is 0.000000316. The van der Waals surface area contributed by atoms with E-state index in [0.717, 1.165) is 5.56 Å². The number of thioether (sulfide) groups is 2. The smallest absolute Gasteiger partial charge is 0.322 e. The number of carboxylic acid groups (broad SMARTS) is 3. The molecule has 6 nitrogen and oxygen atoms in total. The summed E-state index contributed by atoms with van der Waals surface area (Å²) in [7, 11) is 0. The molecule has 0 fully saturated rings. The van der Waals surface area contributed by atoms with E-state index in [1.165, 1.54) is 11.8 Å². The van der Waals surface area contributed by atoms with Crippen LogP contribution in [-0.2, 0) is 27.2 Å². The van der Waals surface area contributed by atoms with Crippen molar-refractivity contribution < 1.29 is 29.7 Å². The van der Waals surface area contributed by atoms with Crippen molar-refractivity contribution in [1.82, 2.24) is 0 Å². The normalized spacial score (nSPS) is 11.7. The van der Waals surface area contributed by atoms with Gasteiger partial charge in [-0.2, -0.15) is 23.5 Å². The van der Waals surface area contributed by atoms with Crippen LogP contribution in [0.2, 0.25) is 0 Å². The zero-order valence-electron chi connectivity index (χ0n) is 17.6. The molecule has 0 aliphatic carbocycles. The van der Waals surface area contributed by atoms with E-state index in [-0.39, 0.29) is 18.1 Å². The summed E-state index contributed by atoms with van der Waals surface area (Å²) < 4.78 is 0. The number of benzene rings is 2. The molecule has 0 saturated carbocycles. The lowest BCUT2D eigenvalue weighted by Crippen LogP contribution is -2.43. The fraction of sp³-hybridized carbons (Fsp3) is 0.348. The molecule has 0 aromatic heterocycles. The van der Waals surface area contributed by atoms with E-state index in [0.29, 0.717) is 17.7 Å². The van der Waals surface area contributed by atoms with Gasteiger partial charge in [0.15, 0.2) is 5.41 Å². The molecular weight excluding hydrogens is 436 g/mol. The topological polar surface area (TPSA) is 112 Å². The minimum Gasteiger partial charge on any atom is -0.481 e. The summed E-state index contributed by atoms with van der Waals surface area (Å²) in [6, 6.07) is 18.6. The van der Waals surface area contributed by atoms with Crippen LogP contribution in [0.5, 0.6) is 0 Å². The SMILES string of the molecule is CSCC(Cc1ccccc1)(C(=O)O)C(=O)O.CSCC(Cc1ccccc1)C(=O)O. The van der Waals surface area contributed by atoms with Gasteiger partial charge >= 0.3 is 17.9 Å². The quantitative estimate of drug-likeness (QED) is 0.427. The summed E-state index contributed by atoms with van der Waals surface area (Å²) in [6.45, 7) is 0. The van der Waals surface area contributed by atoms with E-state index in [1.54, 1.807) is 48.3 Å². The fourth-order valence-corrected chi connectivity index (χ4v) is 4.43. The molecule has 8 heteroatoms. The van der Waals surface area contributed by atoms with Crippen LogP contribution in [0.4, 0.5) is 0 Å². The van der Waals surface area contributed by atoms with Gasteiger partial charge in [0.25, 0.3) is 0 Å². The van der Waals surface area contributed by atoms with Crippen molar-refractivity contribution in [3.8, 4) is 0 Å². The summed E-state index contributed by atoms with van der Waals surface area (Å²) in [5.74, 6) is -2.83. The second kappa shape index (κ2) is 13.8. The van der Waals surface area contributed by atoms with Gasteiger partial charge in [0.1, 0.15) is 0 Å². The van der Waals surface area contributed by atoms with E-state index in [9.17, 15) is 24.6 Å². The van der Waals surface area contributed by atoms with E-state index < -0.39 is 23.3 Å². The number of rotatable bonds is 11. The average molecular weight is 465 g/mol. The summed E-state index contributed by atoms with van der Waals surface area (Å²) in [5, 5.41) is 27.3. The van der Waals surface area contributed by atoms with Crippen LogP contribution >= 0.6 is 23.5 Å². The first-order valence-corrected chi connectivity index (χ1v) is 12.3. The van der Waals surface area contributed by atoms with Gasteiger partial charge < -0.3 is 15.3 Å². The molecule has 0 heterocycles. The van der Waals surface area contributed by atoms with E-state index in [1.807, 2.05) is 36.6 Å². The first-order chi connectivity index (χ1) is 14.8. The molecule has 0 bridgehead atoms. The Morgan fingerprint density at radius 3 is 1.68 bits per heavy atom. The van der Waals surface area contributed by atoms with Crippen molar-refractivity contribution in [1.29, 1.82) is 0 Å². The molecule has 2 aromatic carbocycles. The Labute approximate surface area is 191 Å². The second-order valence-corrected chi connectivity index (χ2v) is 8.74. The maximum Gasteiger partial charge on any atom is 0.322 e. The third-order valence-electron chi connectivity index (χ3n) is 4.60. The predicted molar refractivity (Wildman–Crippen MR) is 126 cm³/mol. The van der Waals surface area contributed by atoms with Crippen LogP contribution < -0.4 is 0 Å². The molecule has 2 rings (SSSR count). The molecule has 3 N–H and O–H groups in total. The second-order valence-electron chi connectivity index (χ2n) is 6.97. The minimum absolute atomic E-state index is 0.000648. The zero-order chi connectivity index (χ0) is 23.3. The summed E-state index contributed by atoms with van der Waals surface area (Å²) >= 11 is 2.80. The van der Waals surface area contributed by atoms with Crippen LogP contribution in [0.1, 0.15) is 11.1 Å². The Hall–Kier alpha value is -2.45. The van der Waals surface area contributed by atoms with Gasteiger partial charge in [-0.15, -0.1) is 0 Å². The fourth-order valence-electron chi connectivity index (χ4n) is 2.93. The van der Waals surface area contributed by atoms with Gasteiger partial charge in [0, 0.05) is 17.9 Å². The summed E-state index contributed by atoms with van der Waals surface area (Å²) in [4.78, 5) is 33.4. The lowest BCUT2D eigenvalue weighted by molar-refractivity contribution is -0.162. The molecule has 1 unspecified atom stereocenters. The van der Waals surface area contributed by atoms with Crippen LogP contribution in [-0.4, -0.2) is 57.2 Å². The molecule has 31 heavy (non-hydrogen) atoms. The molecule has 0 spiro atoms. The molecule has 0 aliphatic heterocycles. The van der Waals surface area contributed by atoms with Crippen molar-refractivity contribution in [3.63, 3.8) is 0 Å². The Kier molecular flexibility index (Phi) is 11.8. The molecule has 0 radical (unpaired) electrons. The number of hydrogen-bond acceptors (Lipinski definition) is 5. The molecule has 2 aromatic rings.